The van der Waals surface area contributed by atoms with Gasteiger partial charge >= 0.3 is 6.09 Å². The van der Waals surface area contributed by atoms with E-state index in [-0.39, 0.29) is 0 Å². The van der Waals surface area contributed by atoms with Crippen LogP contribution in [-0.2, 0) is 0 Å². The summed E-state index contributed by atoms with van der Waals surface area (Å²) in [7, 11) is 1.67. The number of carbonyl (C=O) groups excluding carboxylic acids is 1. The van der Waals surface area contributed by atoms with Crippen LogP contribution in [-0.4, -0.2) is 19.7 Å². The molecule has 0 aliphatic rings. The zero-order chi connectivity index (χ0) is 23.6. The van der Waals surface area contributed by atoms with Gasteiger partial charge in [0.1, 0.15) is 11.5 Å². The average Bonchev–Trinajstić information content (AvgIpc) is 2.90. The summed E-state index contributed by atoms with van der Waals surface area (Å²) in [6.45, 7) is 0.433. The Morgan fingerprint density at radius 3 is 1.76 bits per heavy atom. The van der Waals surface area contributed by atoms with Crippen LogP contribution >= 0.6 is 0 Å². The van der Waals surface area contributed by atoms with Crippen LogP contribution in [0, 0.1) is 0 Å². The number of para-hydroxylation sites is 1. The largest absolute Gasteiger partial charge is 0.497 e. The molecule has 0 aromatic heterocycles. The normalized spacial score (nSPS) is 11.3. The fourth-order valence-electron chi connectivity index (χ4n) is 3.85. The Morgan fingerprint density at radius 2 is 1.18 bits per heavy atom. The van der Waals surface area contributed by atoms with Crippen LogP contribution in [0.15, 0.2) is 115 Å². The molecule has 0 aliphatic carbocycles. The molecule has 0 saturated heterocycles. The minimum absolute atomic E-state index is 0.433. The summed E-state index contributed by atoms with van der Waals surface area (Å²) in [6, 6.07) is 37.7. The first kappa shape index (κ1) is 22.9. The van der Waals surface area contributed by atoms with Gasteiger partial charge < -0.3 is 14.8 Å². The van der Waals surface area contributed by atoms with Crippen LogP contribution in [0.4, 0.5) is 4.79 Å². The minimum Gasteiger partial charge on any atom is -0.497 e. The van der Waals surface area contributed by atoms with Gasteiger partial charge in [-0.25, -0.2) is 4.79 Å². The number of hydrogen-bond donors (Lipinski definition) is 1. The SMILES string of the molecule is COc1ccc(/C(=C(/CCNC(=O)Oc2ccccc2)c2ccccc2)c2ccccc2)cc1. The lowest BCUT2D eigenvalue weighted by Crippen LogP contribution is -2.28. The quantitative estimate of drug-likeness (QED) is 0.300. The number of nitrogens with one attached hydrogen (secondary N) is 1. The zero-order valence-corrected chi connectivity index (χ0v) is 19.1. The molecule has 4 aromatic carbocycles. The molecule has 0 bridgehead atoms. The number of amides is 1. The van der Waals surface area contributed by atoms with Crippen molar-refractivity contribution in [3.63, 3.8) is 0 Å². The highest BCUT2D eigenvalue weighted by atomic mass is 16.6. The highest BCUT2D eigenvalue weighted by molar-refractivity contribution is 5.98. The van der Waals surface area contributed by atoms with Gasteiger partial charge in [0.05, 0.1) is 7.11 Å². The van der Waals surface area contributed by atoms with Crippen molar-refractivity contribution in [3.05, 3.63) is 132 Å². The fraction of sp³-hybridized carbons (Fsp3) is 0.100. The van der Waals surface area contributed by atoms with Crippen molar-refractivity contribution in [1.29, 1.82) is 0 Å². The van der Waals surface area contributed by atoms with Crippen LogP contribution in [0.1, 0.15) is 23.1 Å². The second-order valence-electron chi connectivity index (χ2n) is 7.69. The highest BCUT2D eigenvalue weighted by Gasteiger charge is 2.15. The smallest absolute Gasteiger partial charge is 0.412 e. The van der Waals surface area contributed by atoms with E-state index >= 15 is 0 Å². The Hall–Kier alpha value is -4.31. The summed E-state index contributed by atoms with van der Waals surface area (Å²) < 4.78 is 10.7. The van der Waals surface area contributed by atoms with Gasteiger partial charge in [-0.05, 0) is 58.5 Å². The number of methoxy groups -OCH3 is 1. The Labute approximate surface area is 200 Å². The van der Waals surface area contributed by atoms with Gasteiger partial charge in [-0.2, -0.15) is 0 Å². The molecule has 0 saturated carbocycles. The third-order valence-electron chi connectivity index (χ3n) is 5.46. The molecule has 4 aromatic rings. The Kier molecular flexibility index (Phi) is 7.75. The van der Waals surface area contributed by atoms with Crippen LogP contribution in [0.3, 0.4) is 0 Å². The summed E-state index contributed by atoms with van der Waals surface area (Å²) in [6.07, 6.45) is 0.161. The van der Waals surface area contributed by atoms with Crippen molar-refractivity contribution in [2.45, 2.75) is 6.42 Å². The van der Waals surface area contributed by atoms with Gasteiger partial charge in [0.2, 0.25) is 0 Å². The van der Waals surface area contributed by atoms with Crippen molar-refractivity contribution in [2.75, 3.05) is 13.7 Å². The Bertz CT molecular complexity index is 1220. The van der Waals surface area contributed by atoms with E-state index in [4.69, 9.17) is 9.47 Å². The van der Waals surface area contributed by atoms with Crippen LogP contribution in [0.2, 0.25) is 0 Å². The molecule has 0 aliphatic heterocycles. The summed E-state index contributed by atoms with van der Waals surface area (Å²) in [5, 5.41) is 2.89. The van der Waals surface area contributed by atoms with Crippen molar-refractivity contribution < 1.29 is 14.3 Å². The molecule has 4 nitrogen and oxygen atoms in total. The maximum Gasteiger partial charge on any atom is 0.412 e. The second kappa shape index (κ2) is 11.5. The molecule has 34 heavy (non-hydrogen) atoms. The Balaban J connectivity index is 1.67. The third kappa shape index (κ3) is 5.93. The van der Waals surface area contributed by atoms with Gasteiger partial charge in [0, 0.05) is 6.54 Å². The van der Waals surface area contributed by atoms with Gasteiger partial charge in [-0.3, -0.25) is 0 Å². The monoisotopic (exact) mass is 449 g/mol. The van der Waals surface area contributed by atoms with Crippen molar-refractivity contribution in [2.24, 2.45) is 0 Å². The minimum atomic E-state index is -0.468. The molecule has 4 rings (SSSR count). The van der Waals surface area contributed by atoms with Crippen LogP contribution in [0.25, 0.3) is 11.1 Å². The Morgan fingerprint density at radius 1 is 0.647 bits per heavy atom. The van der Waals surface area contributed by atoms with Crippen LogP contribution in [0.5, 0.6) is 11.5 Å². The maximum absolute atomic E-state index is 12.3. The van der Waals surface area contributed by atoms with Gasteiger partial charge in [-0.15, -0.1) is 0 Å². The summed E-state index contributed by atoms with van der Waals surface area (Å²) in [5.74, 6) is 1.32. The number of hydrogen-bond acceptors (Lipinski definition) is 3. The molecule has 0 radical (unpaired) electrons. The average molecular weight is 450 g/mol. The molecule has 0 unspecified atom stereocenters. The number of ether oxygens (including phenoxy) is 2. The van der Waals surface area contributed by atoms with Crippen molar-refractivity contribution >= 4 is 17.2 Å². The first-order valence-corrected chi connectivity index (χ1v) is 11.2. The molecule has 0 spiro atoms. The summed E-state index contributed by atoms with van der Waals surface area (Å²) in [5.41, 5.74) is 5.55. The molecular formula is C30H27NO3. The predicted octanol–water partition coefficient (Wildman–Crippen LogP) is 6.83. The first-order valence-electron chi connectivity index (χ1n) is 11.2. The standard InChI is InChI=1S/C30H27NO3/c1-33-26-19-17-25(18-20-26)29(24-13-7-3-8-14-24)28(23-11-5-2-6-12-23)21-22-31-30(32)34-27-15-9-4-10-16-27/h2-20H,21-22H2,1H3,(H,31,32)/b29-28-. The fourth-order valence-corrected chi connectivity index (χ4v) is 3.85. The van der Waals surface area contributed by atoms with Crippen molar-refractivity contribution in [1.82, 2.24) is 5.32 Å². The van der Waals surface area contributed by atoms with E-state index < -0.39 is 6.09 Å². The topological polar surface area (TPSA) is 47.6 Å². The second-order valence-corrected chi connectivity index (χ2v) is 7.69. The number of benzene rings is 4. The van der Waals surface area contributed by atoms with E-state index in [1.54, 1.807) is 19.2 Å². The van der Waals surface area contributed by atoms with Gasteiger partial charge in [-0.1, -0.05) is 91.0 Å². The zero-order valence-electron chi connectivity index (χ0n) is 19.1. The van der Waals surface area contributed by atoms with E-state index in [1.165, 1.54) is 0 Å². The van der Waals surface area contributed by atoms with E-state index in [2.05, 4.69) is 41.7 Å². The van der Waals surface area contributed by atoms with E-state index in [9.17, 15) is 4.79 Å². The molecule has 1 N–H and O–H groups in total. The third-order valence-corrected chi connectivity index (χ3v) is 5.46. The van der Waals surface area contributed by atoms with E-state index in [0.29, 0.717) is 18.7 Å². The summed E-state index contributed by atoms with van der Waals surface area (Å²) in [4.78, 5) is 12.3. The number of carbonyl (C=O) groups is 1. The lowest BCUT2D eigenvalue weighted by atomic mass is 9.88. The lowest BCUT2D eigenvalue weighted by Gasteiger charge is -2.18. The van der Waals surface area contributed by atoms with E-state index in [0.717, 1.165) is 33.6 Å². The molecule has 170 valence electrons. The molecule has 1 amide bonds. The summed E-state index contributed by atoms with van der Waals surface area (Å²) >= 11 is 0. The van der Waals surface area contributed by atoms with Gasteiger partial charge in [0.15, 0.2) is 0 Å². The molecular weight excluding hydrogens is 422 g/mol. The van der Waals surface area contributed by atoms with Gasteiger partial charge in [0.25, 0.3) is 0 Å². The molecule has 0 fully saturated rings. The molecule has 0 atom stereocenters. The van der Waals surface area contributed by atoms with Crippen molar-refractivity contribution in [3.8, 4) is 11.5 Å². The molecule has 0 heterocycles. The van der Waals surface area contributed by atoms with E-state index in [1.807, 2.05) is 66.7 Å². The highest BCUT2D eigenvalue weighted by Crippen LogP contribution is 2.34. The molecule has 4 heteroatoms. The maximum atomic E-state index is 12.3. The number of rotatable bonds is 8. The first-order chi connectivity index (χ1) is 16.7. The predicted molar refractivity (Wildman–Crippen MR) is 137 cm³/mol. The van der Waals surface area contributed by atoms with Crippen LogP contribution < -0.4 is 14.8 Å². The lowest BCUT2D eigenvalue weighted by molar-refractivity contribution is 0.201.